The van der Waals surface area contributed by atoms with Gasteiger partial charge in [0.05, 0.1) is 4.92 Å². The fraction of sp³-hybridized carbons (Fsp3) is 0.381. The minimum atomic E-state index is -0.372. The van der Waals surface area contributed by atoms with Crippen LogP contribution in [-0.4, -0.2) is 30.5 Å². The van der Waals surface area contributed by atoms with E-state index in [2.05, 4.69) is 11.8 Å². The molecule has 0 N–H and O–H groups in total. The van der Waals surface area contributed by atoms with Gasteiger partial charge in [0, 0.05) is 37.0 Å². The van der Waals surface area contributed by atoms with Crippen LogP contribution >= 0.6 is 0 Å². The first-order valence-corrected chi connectivity index (χ1v) is 9.48. The molecule has 2 aromatic carbocycles. The molecule has 0 aliphatic carbocycles. The van der Waals surface area contributed by atoms with Crippen molar-refractivity contribution in [2.75, 3.05) is 29.4 Å². The molecular weight excluding hydrogens is 342 g/mol. The van der Waals surface area contributed by atoms with E-state index in [1.165, 1.54) is 6.07 Å². The van der Waals surface area contributed by atoms with Crippen molar-refractivity contribution in [3.63, 3.8) is 0 Å². The second-order valence-electron chi connectivity index (χ2n) is 7.49. The third kappa shape index (κ3) is 3.27. The maximum atomic E-state index is 13.0. The minimum Gasteiger partial charge on any atom is -0.366 e. The van der Waals surface area contributed by atoms with Crippen molar-refractivity contribution in [3.8, 4) is 0 Å². The molecule has 2 aliphatic heterocycles. The summed E-state index contributed by atoms with van der Waals surface area (Å²) in [7, 11) is 0. The van der Waals surface area contributed by atoms with Gasteiger partial charge in [-0.05, 0) is 48.9 Å². The van der Waals surface area contributed by atoms with Crippen LogP contribution in [0, 0.1) is 16.0 Å². The van der Waals surface area contributed by atoms with E-state index >= 15 is 0 Å². The van der Waals surface area contributed by atoms with E-state index in [1.54, 1.807) is 17.0 Å². The normalized spacial score (nSPS) is 19.1. The van der Waals surface area contributed by atoms with Crippen molar-refractivity contribution in [1.29, 1.82) is 0 Å². The van der Waals surface area contributed by atoms with Gasteiger partial charge in [0.1, 0.15) is 5.69 Å². The number of benzene rings is 2. The smallest absolute Gasteiger partial charge is 0.293 e. The molecule has 140 valence electrons. The Labute approximate surface area is 158 Å². The first-order valence-electron chi connectivity index (χ1n) is 9.48. The van der Waals surface area contributed by atoms with Gasteiger partial charge >= 0.3 is 0 Å². The fourth-order valence-electron chi connectivity index (χ4n) is 4.18. The Morgan fingerprint density at radius 1 is 1.15 bits per heavy atom. The number of hydrogen-bond acceptors (Lipinski definition) is 4. The molecule has 0 spiro atoms. The molecule has 2 heterocycles. The molecule has 1 unspecified atom stereocenters. The van der Waals surface area contributed by atoms with Crippen LogP contribution in [-0.2, 0) is 6.42 Å². The van der Waals surface area contributed by atoms with Crippen molar-refractivity contribution in [2.24, 2.45) is 5.92 Å². The number of amides is 1. The van der Waals surface area contributed by atoms with Gasteiger partial charge in [-0.2, -0.15) is 0 Å². The summed E-state index contributed by atoms with van der Waals surface area (Å²) in [6, 6.07) is 12.7. The second-order valence-corrected chi connectivity index (χ2v) is 7.49. The standard InChI is InChI=1S/C21H23N3O3/c1-15-5-4-11-22(14-15)19-9-8-17(13-20(19)24(26)27)21(25)23-12-10-16-6-2-3-7-18(16)23/h2-3,6-9,13,15H,4-5,10-12,14H2,1H3. The molecule has 0 saturated carbocycles. The molecule has 1 atom stereocenters. The fourth-order valence-corrected chi connectivity index (χ4v) is 4.18. The van der Waals surface area contributed by atoms with Gasteiger partial charge < -0.3 is 9.80 Å². The predicted molar refractivity (Wildman–Crippen MR) is 106 cm³/mol. The summed E-state index contributed by atoms with van der Waals surface area (Å²) in [4.78, 5) is 28.1. The maximum Gasteiger partial charge on any atom is 0.293 e. The van der Waals surface area contributed by atoms with E-state index in [0.717, 1.165) is 43.6 Å². The number of carbonyl (C=O) groups is 1. The summed E-state index contributed by atoms with van der Waals surface area (Å²) in [6.45, 7) is 4.41. The maximum absolute atomic E-state index is 13.0. The molecule has 27 heavy (non-hydrogen) atoms. The van der Waals surface area contributed by atoms with E-state index in [9.17, 15) is 14.9 Å². The van der Waals surface area contributed by atoms with E-state index in [0.29, 0.717) is 23.7 Å². The molecule has 0 bridgehead atoms. The predicted octanol–water partition coefficient (Wildman–Crippen LogP) is 4.03. The molecule has 1 amide bonds. The molecule has 6 heteroatoms. The summed E-state index contributed by atoms with van der Waals surface area (Å²) in [5, 5.41) is 11.7. The number of hydrogen-bond donors (Lipinski definition) is 0. The van der Waals surface area contributed by atoms with Crippen molar-refractivity contribution >= 4 is 23.0 Å². The van der Waals surface area contributed by atoms with E-state index in [1.807, 2.05) is 24.3 Å². The highest BCUT2D eigenvalue weighted by Crippen LogP contribution is 2.34. The number of nitro benzene ring substituents is 1. The third-order valence-electron chi connectivity index (χ3n) is 5.55. The third-order valence-corrected chi connectivity index (χ3v) is 5.55. The zero-order valence-electron chi connectivity index (χ0n) is 15.4. The zero-order valence-corrected chi connectivity index (χ0v) is 15.4. The lowest BCUT2D eigenvalue weighted by Crippen LogP contribution is -2.34. The topological polar surface area (TPSA) is 66.7 Å². The van der Waals surface area contributed by atoms with Crippen molar-refractivity contribution in [2.45, 2.75) is 26.2 Å². The van der Waals surface area contributed by atoms with Gasteiger partial charge in [0.2, 0.25) is 0 Å². The molecular formula is C21H23N3O3. The molecule has 1 saturated heterocycles. The molecule has 4 rings (SSSR count). The monoisotopic (exact) mass is 365 g/mol. The summed E-state index contributed by atoms with van der Waals surface area (Å²) in [5.74, 6) is 0.336. The van der Waals surface area contributed by atoms with Gasteiger partial charge in [-0.1, -0.05) is 25.1 Å². The number of carbonyl (C=O) groups excluding carboxylic acids is 1. The van der Waals surface area contributed by atoms with E-state index < -0.39 is 0 Å². The Morgan fingerprint density at radius 2 is 1.96 bits per heavy atom. The average molecular weight is 365 g/mol. The Hall–Kier alpha value is -2.89. The number of rotatable bonds is 3. The average Bonchev–Trinajstić information content (AvgIpc) is 3.11. The van der Waals surface area contributed by atoms with Crippen LogP contribution in [0.15, 0.2) is 42.5 Å². The van der Waals surface area contributed by atoms with Crippen LogP contribution in [0.3, 0.4) is 0 Å². The van der Waals surface area contributed by atoms with Crippen LogP contribution in [0.25, 0.3) is 0 Å². The molecule has 2 aromatic rings. The van der Waals surface area contributed by atoms with E-state index in [-0.39, 0.29) is 16.5 Å². The van der Waals surface area contributed by atoms with Crippen LogP contribution in [0.4, 0.5) is 17.1 Å². The van der Waals surface area contributed by atoms with Crippen LogP contribution < -0.4 is 9.80 Å². The summed E-state index contributed by atoms with van der Waals surface area (Å²) in [5.41, 5.74) is 3.04. The number of nitro groups is 1. The molecule has 6 nitrogen and oxygen atoms in total. The highest BCUT2D eigenvalue weighted by atomic mass is 16.6. The van der Waals surface area contributed by atoms with Crippen LogP contribution in [0.1, 0.15) is 35.7 Å². The van der Waals surface area contributed by atoms with Gasteiger partial charge in [-0.25, -0.2) is 0 Å². The van der Waals surface area contributed by atoms with Crippen LogP contribution in [0.5, 0.6) is 0 Å². The molecule has 0 radical (unpaired) electrons. The van der Waals surface area contributed by atoms with Crippen molar-refractivity contribution < 1.29 is 9.72 Å². The summed E-state index contributed by atoms with van der Waals surface area (Å²) < 4.78 is 0. The number of piperidine rings is 1. The quantitative estimate of drug-likeness (QED) is 0.608. The lowest BCUT2D eigenvalue weighted by Gasteiger charge is -2.32. The van der Waals surface area contributed by atoms with Gasteiger partial charge in [-0.15, -0.1) is 0 Å². The highest BCUT2D eigenvalue weighted by Gasteiger charge is 2.29. The lowest BCUT2D eigenvalue weighted by atomic mass is 9.99. The Bertz CT molecular complexity index is 896. The number of fused-ring (bicyclic) bond motifs is 1. The Morgan fingerprint density at radius 3 is 2.74 bits per heavy atom. The second kappa shape index (κ2) is 7.02. The molecule has 2 aliphatic rings. The summed E-state index contributed by atoms with van der Waals surface area (Å²) >= 11 is 0. The number of nitrogens with zero attached hydrogens (tertiary/aromatic N) is 3. The van der Waals surface area contributed by atoms with Gasteiger partial charge in [0.25, 0.3) is 11.6 Å². The number of anilines is 2. The number of para-hydroxylation sites is 1. The SMILES string of the molecule is CC1CCCN(c2ccc(C(=O)N3CCc4ccccc43)cc2[N+](=O)[O-])C1. The Kier molecular flexibility index (Phi) is 4.56. The molecule has 0 aromatic heterocycles. The van der Waals surface area contributed by atoms with Gasteiger partial charge in [-0.3, -0.25) is 14.9 Å². The van der Waals surface area contributed by atoms with Crippen molar-refractivity contribution in [1.82, 2.24) is 0 Å². The van der Waals surface area contributed by atoms with Crippen LogP contribution in [0.2, 0.25) is 0 Å². The minimum absolute atomic E-state index is 0.0161. The lowest BCUT2D eigenvalue weighted by molar-refractivity contribution is -0.384. The first kappa shape index (κ1) is 17.5. The summed E-state index contributed by atoms with van der Waals surface area (Å²) in [6.07, 6.45) is 2.99. The zero-order chi connectivity index (χ0) is 19.0. The Balaban J connectivity index is 1.65. The van der Waals surface area contributed by atoms with Crippen molar-refractivity contribution in [3.05, 3.63) is 63.7 Å². The first-order chi connectivity index (χ1) is 13.0. The highest BCUT2D eigenvalue weighted by molar-refractivity contribution is 6.08. The largest absolute Gasteiger partial charge is 0.366 e. The molecule has 1 fully saturated rings. The van der Waals surface area contributed by atoms with E-state index in [4.69, 9.17) is 0 Å². The van der Waals surface area contributed by atoms with Gasteiger partial charge in [0.15, 0.2) is 0 Å².